The number of rotatable bonds is 3. The zero-order valence-electron chi connectivity index (χ0n) is 11.3. The largest absolute Gasteiger partial charge is 0.381 e. The van der Waals surface area contributed by atoms with Crippen LogP contribution in [0.1, 0.15) is 39.5 Å². The lowest BCUT2D eigenvalue weighted by molar-refractivity contribution is -0.384. The summed E-state index contributed by atoms with van der Waals surface area (Å²) in [6.07, 6.45) is 4.61. The zero-order valence-corrected chi connectivity index (χ0v) is 12.9. The van der Waals surface area contributed by atoms with Crippen molar-refractivity contribution in [2.24, 2.45) is 5.41 Å². The summed E-state index contributed by atoms with van der Waals surface area (Å²) < 4.78 is 0.878. The molecule has 104 valence electrons. The van der Waals surface area contributed by atoms with Crippen molar-refractivity contribution in [2.75, 3.05) is 5.32 Å². The number of hydrogen-bond acceptors (Lipinski definition) is 3. The van der Waals surface area contributed by atoms with E-state index in [2.05, 4.69) is 35.1 Å². The summed E-state index contributed by atoms with van der Waals surface area (Å²) in [7, 11) is 0. The van der Waals surface area contributed by atoms with Crippen molar-refractivity contribution in [1.29, 1.82) is 0 Å². The van der Waals surface area contributed by atoms with Gasteiger partial charge in [-0.05, 0) is 53.1 Å². The summed E-state index contributed by atoms with van der Waals surface area (Å²) in [6, 6.07) is 5.25. The number of nitrogens with one attached hydrogen (secondary N) is 1. The number of nitro groups is 1. The minimum absolute atomic E-state index is 0.127. The highest BCUT2D eigenvalue weighted by Crippen LogP contribution is 2.37. The molecule has 0 atom stereocenters. The highest BCUT2D eigenvalue weighted by molar-refractivity contribution is 9.10. The van der Waals surface area contributed by atoms with Crippen LogP contribution in [-0.4, -0.2) is 11.0 Å². The van der Waals surface area contributed by atoms with Gasteiger partial charge in [-0.25, -0.2) is 0 Å². The maximum atomic E-state index is 10.8. The fourth-order valence-corrected chi connectivity index (χ4v) is 2.86. The highest BCUT2D eigenvalue weighted by atomic mass is 79.9. The van der Waals surface area contributed by atoms with Gasteiger partial charge < -0.3 is 5.32 Å². The van der Waals surface area contributed by atoms with E-state index in [1.807, 2.05) is 0 Å². The van der Waals surface area contributed by atoms with Gasteiger partial charge >= 0.3 is 0 Å². The fraction of sp³-hybridized carbons (Fsp3) is 0.571. The molecule has 1 N–H and O–H groups in total. The molecule has 1 saturated carbocycles. The fourth-order valence-electron chi connectivity index (χ4n) is 2.50. The average Bonchev–Trinajstić information content (AvgIpc) is 2.34. The molecule has 0 heterocycles. The van der Waals surface area contributed by atoms with E-state index in [1.165, 1.54) is 18.9 Å². The van der Waals surface area contributed by atoms with E-state index in [1.54, 1.807) is 12.1 Å². The normalized spacial score (nSPS) is 19.1. The summed E-state index contributed by atoms with van der Waals surface area (Å²) in [4.78, 5) is 10.4. The zero-order chi connectivity index (χ0) is 14.0. The Morgan fingerprint density at radius 1 is 1.37 bits per heavy atom. The van der Waals surface area contributed by atoms with Crippen molar-refractivity contribution < 1.29 is 4.92 Å². The first-order valence-corrected chi connectivity index (χ1v) is 7.37. The maximum Gasteiger partial charge on any atom is 0.271 e. The van der Waals surface area contributed by atoms with E-state index in [4.69, 9.17) is 0 Å². The molecular formula is C14H19BrN2O2. The van der Waals surface area contributed by atoms with Crippen LogP contribution in [0.15, 0.2) is 22.7 Å². The molecule has 5 heteroatoms. The minimum atomic E-state index is -0.360. The third-order valence-corrected chi connectivity index (χ3v) is 4.55. The molecule has 0 spiro atoms. The van der Waals surface area contributed by atoms with E-state index in [0.29, 0.717) is 11.5 Å². The molecule has 19 heavy (non-hydrogen) atoms. The number of hydrogen-bond donors (Lipinski definition) is 1. The molecule has 1 aliphatic carbocycles. The Labute approximate surface area is 121 Å². The van der Waals surface area contributed by atoms with Crippen LogP contribution < -0.4 is 5.32 Å². The van der Waals surface area contributed by atoms with E-state index in [9.17, 15) is 10.1 Å². The third-order valence-electron chi connectivity index (χ3n) is 3.86. The molecule has 0 bridgehead atoms. The van der Waals surface area contributed by atoms with Crippen LogP contribution in [0.25, 0.3) is 0 Å². The number of benzene rings is 1. The van der Waals surface area contributed by atoms with Gasteiger partial charge in [-0.2, -0.15) is 0 Å². The van der Waals surface area contributed by atoms with Crippen molar-refractivity contribution in [2.45, 2.75) is 45.6 Å². The summed E-state index contributed by atoms with van der Waals surface area (Å²) >= 11 is 3.44. The Morgan fingerprint density at radius 2 is 2.00 bits per heavy atom. The second-order valence-electron chi connectivity index (χ2n) is 6.00. The van der Waals surface area contributed by atoms with Crippen molar-refractivity contribution in [3.8, 4) is 0 Å². The smallest absolute Gasteiger partial charge is 0.271 e. The molecule has 1 aromatic carbocycles. The topological polar surface area (TPSA) is 55.2 Å². The summed E-state index contributed by atoms with van der Waals surface area (Å²) in [5, 5.41) is 14.2. The Morgan fingerprint density at radius 3 is 2.58 bits per heavy atom. The van der Waals surface area contributed by atoms with Crippen LogP contribution in [0.2, 0.25) is 0 Å². The van der Waals surface area contributed by atoms with Crippen molar-refractivity contribution in [1.82, 2.24) is 0 Å². The number of non-ortho nitro benzene ring substituents is 1. The molecule has 0 amide bonds. The standard InChI is InChI=1S/C14H19BrN2O2/c1-14(2)7-5-10(6-8-14)16-13-9-11(17(18)19)3-4-12(13)15/h3-4,9-10,16H,5-8H2,1-2H3. The van der Waals surface area contributed by atoms with Crippen LogP contribution in [0.3, 0.4) is 0 Å². The van der Waals surface area contributed by atoms with Crippen molar-refractivity contribution >= 4 is 27.3 Å². The summed E-state index contributed by atoms with van der Waals surface area (Å²) in [6.45, 7) is 4.60. The van der Waals surface area contributed by atoms with E-state index >= 15 is 0 Å². The molecule has 1 fully saturated rings. The van der Waals surface area contributed by atoms with Crippen LogP contribution in [0, 0.1) is 15.5 Å². The second-order valence-corrected chi connectivity index (χ2v) is 6.86. The summed E-state index contributed by atoms with van der Waals surface area (Å²) in [5.74, 6) is 0. The molecule has 0 unspecified atom stereocenters. The van der Waals surface area contributed by atoms with Gasteiger partial charge in [0.25, 0.3) is 5.69 Å². The Kier molecular flexibility index (Phi) is 4.13. The number of anilines is 1. The SMILES string of the molecule is CC1(C)CCC(Nc2cc([N+](=O)[O-])ccc2Br)CC1. The Hall–Kier alpha value is -1.10. The Balaban J connectivity index is 2.07. The molecule has 4 nitrogen and oxygen atoms in total. The Bertz CT molecular complexity index is 478. The van der Waals surface area contributed by atoms with Crippen molar-refractivity contribution in [3.05, 3.63) is 32.8 Å². The highest BCUT2D eigenvalue weighted by Gasteiger charge is 2.27. The first-order valence-electron chi connectivity index (χ1n) is 6.58. The quantitative estimate of drug-likeness (QED) is 0.644. The van der Waals surface area contributed by atoms with Gasteiger partial charge in [0.1, 0.15) is 0 Å². The van der Waals surface area contributed by atoms with Crippen LogP contribution in [-0.2, 0) is 0 Å². The molecule has 0 saturated heterocycles. The predicted octanol–water partition coefficient (Wildman–Crippen LogP) is 4.74. The van der Waals surface area contributed by atoms with E-state index in [-0.39, 0.29) is 10.6 Å². The molecule has 1 aromatic rings. The van der Waals surface area contributed by atoms with Crippen LogP contribution >= 0.6 is 15.9 Å². The van der Waals surface area contributed by atoms with Gasteiger partial charge in [-0.15, -0.1) is 0 Å². The van der Waals surface area contributed by atoms with E-state index in [0.717, 1.165) is 23.0 Å². The first-order chi connectivity index (χ1) is 8.87. The second kappa shape index (κ2) is 5.49. The minimum Gasteiger partial charge on any atom is -0.381 e. The molecule has 2 rings (SSSR count). The van der Waals surface area contributed by atoms with Gasteiger partial charge in [0.05, 0.1) is 10.6 Å². The predicted molar refractivity (Wildman–Crippen MR) is 80.5 cm³/mol. The molecule has 1 aliphatic rings. The molecular weight excluding hydrogens is 308 g/mol. The van der Waals surface area contributed by atoms with Gasteiger partial charge in [0.2, 0.25) is 0 Å². The lowest BCUT2D eigenvalue weighted by atomic mass is 9.75. The first kappa shape index (κ1) is 14.3. The lowest BCUT2D eigenvalue weighted by Gasteiger charge is -2.35. The molecule has 0 aliphatic heterocycles. The van der Waals surface area contributed by atoms with Gasteiger partial charge in [0.15, 0.2) is 0 Å². The van der Waals surface area contributed by atoms with Gasteiger partial charge in [0, 0.05) is 22.6 Å². The number of halogens is 1. The van der Waals surface area contributed by atoms with Crippen LogP contribution in [0.4, 0.5) is 11.4 Å². The molecule has 0 aromatic heterocycles. The average molecular weight is 327 g/mol. The third kappa shape index (κ3) is 3.69. The van der Waals surface area contributed by atoms with Gasteiger partial charge in [-0.1, -0.05) is 13.8 Å². The van der Waals surface area contributed by atoms with Crippen molar-refractivity contribution in [3.63, 3.8) is 0 Å². The van der Waals surface area contributed by atoms with E-state index < -0.39 is 0 Å². The molecule has 0 radical (unpaired) electrons. The monoisotopic (exact) mass is 326 g/mol. The number of nitro benzene ring substituents is 1. The number of nitrogens with zero attached hydrogens (tertiary/aromatic N) is 1. The van der Waals surface area contributed by atoms with Crippen LogP contribution in [0.5, 0.6) is 0 Å². The lowest BCUT2D eigenvalue weighted by Crippen LogP contribution is -2.29. The van der Waals surface area contributed by atoms with Gasteiger partial charge in [-0.3, -0.25) is 10.1 Å². The summed E-state index contributed by atoms with van der Waals surface area (Å²) in [5.41, 5.74) is 1.37. The maximum absolute atomic E-state index is 10.8.